The quantitative estimate of drug-likeness (QED) is 0.0261. The van der Waals surface area contributed by atoms with Gasteiger partial charge in [-0.05, 0) is 77.0 Å². The average Bonchev–Trinajstić information content (AvgIpc) is 3.38. The zero-order valence-corrected chi connectivity index (χ0v) is 48.5. The summed E-state index contributed by atoms with van der Waals surface area (Å²) in [6.07, 6.45) is 74.6. The van der Waals surface area contributed by atoms with Gasteiger partial charge >= 0.3 is 17.9 Å². The predicted molar refractivity (Wildman–Crippen MR) is 312 cm³/mol. The molecule has 0 spiro atoms. The first-order chi connectivity index (χ1) is 35.5. The summed E-state index contributed by atoms with van der Waals surface area (Å²) in [6, 6.07) is 0. The van der Waals surface area contributed by atoms with Crippen LogP contribution in [0.5, 0.6) is 0 Å². The summed E-state index contributed by atoms with van der Waals surface area (Å²) in [5.41, 5.74) is 0. The second kappa shape index (κ2) is 61.2. The molecular formula is C66H122O6. The minimum absolute atomic E-state index is 0.0704. The number of carbonyl (C=O) groups excluding carboxylic acids is 3. The highest BCUT2D eigenvalue weighted by Crippen LogP contribution is 2.17. The van der Waals surface area contributed by atoms with Crippen LogP contribution in [0.4, 0.5) is 0 Å². The molecule has 6 heteroatoms. The van der Waals surface area contributed by atoms with E-state index in [4.69, 9.17) is 14.2 Å². The largest absolute Gasteiger partial charge is 0.462 e. The van der Waals surface area contributed by atoms with Gasteiger partial charge in [0.05, 0.1) is 0 Å². The van der Waals surface area contributed by atoms with E-state index in [2.05, 4.69) is 57.2 Å². The van der Waals surface area contributed by atoms with Crippen LogP contribution in [0.1, 0.15) is 348 Å². The number of allylic oxidation sites excluding steroid dienone is 6. The SMILES string of the molecule is CCCCC/C=C\CCCCCCCC(=O)OC(COC(=O)CCCCCCCCCCCCC)COC(=O)CCCCCCCCCCCCCCCCCCCCC/C=C\C/C=C\CCCCCCC. The summed E-state index contributed by atoms with van der Waals surface area (Å²) in [4.78, 5) is 38.1. The number of hydrogen-bond acceptors (Lipinski definition) is 6. The Morgan fingerprint density at radius 1 is 0.278 bits per heavy atom. The van der Waals surface area contributed by atoms with Gasteiger partial charge in [-0.1, -0.05) is 288 Å². The van der Waals surface area contributed by atoms with Gasteiger partial charge < -0.3 is 14.2 Å². The second-order valence-electron chi connectivity index (χ2n) is 21.7. The topological polar surface area (TPSA) is 78.9 Å². The monoisotopic (exact) mass is 1010 g/mol. The van der Waals surface area contributed by atoms with Crippen LogP contribution in [0.2, 0.25) is 0 Å². The van der Waals surface area contributed by atoms with Gasteiger partial charge in [-0.2, -0.15) is 0 Å². The van der Waals surface area contributed by atoms with E-state index < -0.39 is 6.10 Å². The van der Waals surface area contributed by atoms with Crippen LogP contribution < -0.4 is 0 Å². The van der Waals surface area contributed by atoms with E-state index in [9.17, 15) is 14.4 Å². The van der Waals surface area contributed by atoms with E-state index in [-0.39, 0.29) is 31.1 Å². The lowest BCUT2D eigenvalue weighted by atomic mass is 10.0. The third-order valence-corrected chi connectivity index (χ3v) is 14.4. The molecule has 72 heavy (non-hydrogen) atoms. The van der Waals surface area contributed by atoms with Crippen molar-refractivity contribution in [3.8, 4) is 0 Å². The highest BCUT2D eigenvalue weighted by Gasteiger charge is 2.19. The molecule has 0 aliphatic rings. The molecule has 0 radical (unpaired) electrons. The first kappa shape index (κ1) is 69.6. The van der Waals surface area contributed by atoms with Crippen LogP contribution >= 0.6 is 0 Å². The molecule has 0 aliphatic carbocycles. The molecule has 6 nitrogen and oxygen atoms in total. The maximum absolute atomic E-state index is 12.8. The van der Waals surface area contributed by atoms with Crippen molar-refractivity contribution in [2.75, 3.05) is 13.2 Å². The zero-order chi connectivity index (χ0) is 52.2. The smallest absolute Gasteiger partial charge is 0.306 e. The fraction of sp³-hybridized carbons (Fsp3) is 0.864. The molecule has 0 heterocycles. The normalized spacial score (nSPS) is 12.2. The molecule has 0 aliphatic heterocycles. The van der Waals surface area contributed by atoms with Crippen LogP contribution in [-0.4, -0.2) is 37.2 Å². The number of unbranched alkanes of at least 4 members (excludes halogenated alkanes) is 42. The molecule has 0 fully saturated rings. The molecular weight excluding hydrogens is 889 g/mol. The van der Waals surface area contributed by atoms with Gasteiger partial charge in [0.1, 0.15) is 13.2 Å². The molecule has 0 aromatic rings. The molecule has 1 atom stereocenters. The summed E-state index contributed by atoms with van der Waals surface area (Å²) in [5.74, 6) is -0.861. The molecule has 0 amide bonds. The Bertz CT molecular complexity index is 1210. The van der Waals surface area contributed by atoms with E-state index >= 15 is 0 Å². The molecule has 422 valence electrons. The Hall–Kier alpha value is -2.37. The standard InChI is InChI=1S/C66H122O6/c1-4-7-10-13-16-19-22-24-25-26-27-28-29-30-31-32-33-34-35-36-37-38-39-40-41-42-45-47-50-53-56-59-65(68)71-62-63(61-70-64(67)58-55-52-49-46-43-21-18-15-12-9-6-3)72-66(69)60-57-54-51-48-44-23-20-17-14-11-8-5-2/h17,20,22,24,26-27,63H,4-16,18-19,21,23,25,28-62H2,1-3H3/b20-17-,24-22-,27-26-. The summed E-state index contributed by atoms with van der Waals surface area (Å²) in [6.45, 7) is 6.63. The van der Waals surface area contributed by atoms with Crippen molar-refractivity contribution in [2.45, 2.75) is 354 Å². The molecule has 0 saturated heterocycles. The molecule has 0 saturated carbocycles. The summed E-state index contributed by atoms with van der Waals surface area (Å²) >= 11 is 0. The molecule has 0 bridgehead atoms. The number of esters is 3. The number of carbonyl (C=O) groups is 3. The molecule has 1 unspecified atom stereocenters. The van der Waals surface area contributed by atoms with Crippen molar-refractivity contribution in [3.05, 3.63) is 36.5 Å². The van der Waals surface area contributed by atoms with E-state index in [1.807, 2.05) is 0 Å². The Morgan fingerprint density at radius 3 is 0.806 bits per heavy atom. The van der Waals surface area contributed by atoms with Crippen LogP contribution in [0.25, 0.3) is 0 Å². The summed E-state index contributed by atoms with van der Waals surface area (Å²) < 4.78 is 16.9. The van der Waals surface area contributed by atoms with Crippen LogP contribution in [0.15, 0.2) is 36.5 Å². The van der Waals surface area contributed by atoms with Gasteiger partial charge in [-0.15, -0.1) is 0 Å². The minimum atomic E-state index is -0.771. The van der Waals surface area contributed by atoms with Gasteiger partial charge in [0, 0.05) is 19.3 Å². The molecule has 0 rings (SSSR count). The van der Waals surface area contributed by atoms with Crippen molar-refractivity contribution in [3.63, 3.8) is 0 Å². The molecule has 0 aromatic carbocycles. The van der Waals surface area contributed by atoms with Crippen molar-refractivity contribution in [1.29, 1.82) is 0 Å². The van der Waals surface area contributed by atoms with E-state index in [1.165, 1.54) is 238 Å². The van der Waals surface area contributed by atoms with Gasteiger partial charge in [-0.25, -0.2) is 0 Å². The first-order valence-corrected chi connectivity index (χ1v) is 32.0. The highest BCUT2D eigenvalue weighted by atomic mass is 16.6. The average molecular weight is 1010 g/mol. The highest BCUT2D eigenvalue weighted by molar-refractivity contribution is 5.71. The lowest BCUT2D eigenvalue weighted by Crippen LogP contribution is -2.30. The Labute approximate surface area is 448 Å². The van der Waals surface area contributed by atoms with Crippen LogP contribution in [0, 0.1) is 0 Å². The Balaban J connectivity index is 4.04. The third kappa shape index (κ3) is 58.5. The third-order valence-electron chi connectivity index (χ3n) is 14.4. The second-order valence-corrected chi connectivity index (χ2v) is 21.7. The maximum atomic E-state index is 12.8. The van der Waals surface area contributed by atoms with Crippen molar-refractivity contribution >= 4 is 17.9 Å². The fourth-order valence-corrected chi connectivity index (χ4v) is 9.53. The van der Waals surface area contributed by atoms with Crippen molar-refractivity contribution in [1.82, 2.24) is 0 Å². The van der Waals surface area contributed by atoms with E-state index in [1.54, 1.807) is 0 Å². The molecule has 0 aromatic heterocycles. The van der Waals surface area contributed by atoms with E-state index in [0.29, 0.717) is 19.3 Å². The van der Waals surface area contributed by atoms with Crippen molar-refractivity contribution < 1.29 is 28.6 Å². The van der Waals surface area contributed by atoms with Gasteiger partial charge in [0.2, 0.25) is 0 Å². The first-order valence-electron chi connectivity index (χ1n) is 32.0. The van der Waals surface area contributed by atoms with Gasteiger partial charge in [0.15, 0.2) is 6.10 Å². The summed E-state index contributed by atoms with van der Waals surface area (Å²) in [5, 5.41) is 0. The van der Waals surface area contributed by atoms with Gasteiger partial charge in [0.25, 0.3) is 0 Å². The van der Waals surface area contributed by atoms with E-state index in [0.717, 1.165) is 70.6 Å². The number of ether oxygens (including phenoxy) is 3. The number of rotatable bonds is 59. The summed E-state index contributed by atoms with van der Waals surface area (Å²) in [7, 11) is 0. The zero-order valence-electron chi connectivity index (χ0n) is 48.5. The lowest BCUT2D eigenvalue weighted by molar-refractivity contribution is -0.167. The predicted octanol–water partition coefficient (Wildman–Crippen LogP) is 21.6. The minimum Gasteiger partial charge on any atom is -0.462 e. The Kier molecular flexibility index (Phi) is 59.2. The van der Waals surface area contributed by atoms with Crippen molar-refractivity contribution in [2.24, 2.45) is 0 Å². The Morgan fingerprint density at radius 2 is 0.500 bits per heavy atom. The maximum Gasteiger partial charge on any atom is 0.306 e. The van der Waals surface area contributed by atoms with Crippen LogP contribution in [0.3, 0.4) is 0 Å². The number of hydrogen-bond donors (Lipinski definition) is 0. The van der Waals surface area contributed by atoms with Gasteiger partial charge in [-0.3, -0.25) is 14.4 Å². The fourth-order valence-electron chi connectivity index (χ4n) is 9.53. The lowest BCUT2D eigenvalue weighted by Gasteiger charge is -2.18. The van der Waals surface area contributed by atoms with Crippen LogP contribution in [-0.2, 0) is 28.6 Å². The molecule has 0 N–H and O–H groups in total.